The van der Waals surface area contributed by atoms with E-state index in [2.05, 4.69) is 5.32 Å². The lowest BCUT2D eigenvalue weighted by atomic mass is 10.00. The van der Waals surface area contributed by atoms with Crippen LogP contribution in [0.3, 0.4) is 0 Å². The van der Waals surface area contributed by atoms with Crippen molar-refractivity contribution in [2.45, 2.75) is 24.7 Å². The zero-order valence-electron chi connectivity index (χ0n) is 11.7. The van der Waals surface area contributed by atoms with Crippen molar-refractivity contribution < 1.29 is 12.8 Å². The molecule has 0 aromatic heterocycles. The Hall–Kier alpha value is -0.980. The lowest BCUT2D eigenvalue weighted by Gasteiger charge is -2.32. The lowest BCUT2D eigenvalue weighted by Crippen LogP contribution is -2.42. The Morgan fingerprint density at radius 3 is 2.70 bits per heavy atom. The first-order chi connectivity index (χ1) is 9.54. The first-order valence-electron chi connectivity index (χ1n) is 7.00. The molecule has 20 heavy (non-hydrogen) atoms. The van der Waals surface area contributed by atoms with Gasteiger partial charge in [0.1, 0.15) is 5.82 Å². The molecule has 1 heterocycles. The van der Waals surface area contributed by atoms with Crippen molar-refractivity contribution in [3.05, 3.63) is 30.1 Å². The Bertz CT molecular complexity index is 531. The second-order valence-electron chi connectivity index (χ2n) is 5.13. The zero-order valence-corrected chi connectivity index (χ0v) is 12.5. The minimum atomic E-state index is -3.50. The molecule has 1 N–H and O–H groups in total. The van der Waals surface area contributed by atoms with Gasteiger partial charge in [-0.15, -0.1) is 0 Å². The highest BCUT2D eigenvalue weighted by Crippen LogP contribution is 2.23. The standard InChI is InChI=1S/C14H21FN2O2S/c1-2-16-10-12-4-3-9-17(11-12)20(18,19)14-7-5-13(15)6-8-14/h5-8,12,16H,2-4,9-11H2,1H3. The maximum absolute atomic E-state index is 12.9. The third kappa shape index (κ3) is 3.56. The van der Waals surface area contributed by atoms with Crippen LogP contribution in [-0.4, -0.2) is 38.9 Å². The average Bonchev–Trinajstić information content (AvgIpc) is 2.46. The number of nitrogens with zero attached hydrogens (tertiary/aromatic N) is 1. The molecule has 6 heteroatoms. The molecule has 1 unspecified atom stereocenters. The quantitative estimate of drug-likeness (QED) is 0.902. The summed E-state index contributed by atoms with van der Waals surface area (Å²) in [5.74, 6) is -0.0773. The Labute approximate surface area is 120 Å². The van der Waals surface area contributed by atoms with Crippen LogP contribution < -0.4 is 5.32 Å². The van der Waals surface area contributed by atoms with Crippen molar-refractivity contribution in [1.29, 1.82) is 0 Å². The van der Waals surface area contributed by atoms with E-state index in [0.29, 0.717) is 19.0 Å². The third-order valence-electron chi connectivity index (χ3n) is 3.62. The molecular formula is C14H21FN2O2S. The molecule has 0 spiro atoms. The highest BCUT2D eigenvalue weighted by molar-refractivity contribution is 7.89. The summed E-state index contributed by atoms with van der Waals surface area (Å²) in [6, 6.07) is 5.04. The predicted octanol–water partition coefficient (Wildman–Crippen LogP) is 1.84. The van der Waals surface area contributed by atoms with Gasteiger partial charge in [-0.1, -0.05) is 6.92 Å². The SMILES string of the molecule is CCNCC1CCCN(S(=O)(=O)c2ccc(F)cc2)C1. The number of halogens is 1. The second kappa shape index (κ2) is 6.65. The molecule has 0 bridgehead atoms. The Balaban J connectivity index is 2.10. The molecule has 1 aliphatic rings. The van der Waals surface area contributed by atoms with Gasteiger partial charge in [0.25, 0.3) is 0 Å². The van der Waals surface area contributed by atoms with Gasteiger partial charge in [-0.05, 0) is 56.1 Å². The van der Waals surface area contributed by atoms with E-state index in [9.17, 15) is 12.8 Å². The minimum Gasteiger partial charge on any atom is -0.317 e. The number of sulfonamides is 1. The molecule has 1 aliphatic heterocycles. The highest BCUT2D eigenvalue weighted by Gasteiger charge is 2.29. The zero-order chi connectivity index (χ0) is 14.6. The smallest absolute Gasteiger partial charge is 0.243 e. The van der Waals surface area contributed by atoms with E-state index in [0.717, 1.165) is 25.9 Å². The molecule has 1 fully saturated rings. The van der Waals surface area contributed by atoms with Crippen LogP contribution in [0.5, 0.6) is 0 Å². The van der Waals surface area contributed by atoms with Crippen LogP contribution in [0.2, 0.25) is 0 Å². The van der Waals surface area contributed by atoms with Gasteiger partial charge < -0.3 is 5.32 Å². The average molecular weight is 300 g/mol. The van der Waals surface area contributed by atoms with Gasteiger partial charge in [0, 0.05) is 13.1 Å². The molecule has 0 saturated carbocycles. The third-order valence-corrected chi connectivity index (χ3v) is 5.50. The molecule has 1 aromatic carbocycles. The molecule has 4 nitrogen and oxygen atoms in total. The normalized spacial score (nSPS) is 21.0. The summed E-state index contributed by atoms with van der Waals surface area (Å²) < 4.78 is 39.4. The number of rotatable bonds is 5. The van der Waals surface area contributed by atoms with Gasteiger partial charge in [-0.3, -0.25) is 0 Å². The fourth-order valence-corrected chi connectivity index (χ4v) is 4.07. The maximum atomic E-state index is 12.9. The van der Waals surface area contributed by atoms with Gasteiger partial charge in [0.2, 0.25) is 10.0 Å². The number of benzene rings is 1. The van der Waals surface area contributed by atoms with Crippen molar-refractivity contribution in [2.24, 2.45) is 5.92 Å². The number of nitrogens with one attached hydrogen (secondary N) is 1. The molecule has 0 aliphatic carbocycles. The van der Waals surface area contributed by atoms with E-state index < -0.39 is 15.8 Å². The van der Waals surface area contributed by atoms with Crippen molar-refractivity contribution in [3.8, 4) is 0 Å². The molecule has 0 radical (unpaired) electrons. The Morgan fingerprint density at radius 2 is 2.05 bits per heavy atom. The van der Waals surface area contributed by atoms with E-state index in [1.807, 2.05) is 6.92 Å². The topological polar surface area (TPSA) is 49.4 Å². The number of piperidine rings is 1. The first-order valence-corrected chi connectivity index (χ1v) is 8.44. The highest BCUT2D eigenvalue weighted by atomic mass is 32.2. The van der Waals surface area contributed by atoms with Crippen molar-refractivity contribution in [3.63, 3.8) is 0 Å². The Morgan fingerprint density at radius 1 is 1.35 bits per heavy atom. The summed E-state index contributed by atoms with van der Waals surface area (Å²) >= 11 is 0. The fraction of sp³-hybridized carbons (Fsp3) is 0.571. The van der Waals surface area contributed by atoms with Crippen LogP contribution in [0.1, 0.15) is 19.8 Å². The second-order valence-corrected chi connectivity index (χ2v) is 7.07. The molecular weight excluding hydrogens is 279 g/mol. The number of hydrogen-bond acceptors (Lipinski definition) is 3. The van der Waals surface area contributed by atoms with Crippen LogP contribution in [0.25, 0.3) is 0 Å². The summed E-state index contributed by atoms with van der Waals surface area (Å²) in [6.45, 7) is 4.85. The van der Waals surface area contributed by atoms with E-state index in [1.54, 1.807) is 0 Å². The van der Waals surface area contributed by atoms with Gasteiger partial charge >= 0.3 is 0 Å². The molecule has 1 aromatic rings. The molecule has 1 saturated heterocycles. The monoisotopic (exact) mass is 300 g/mol. The number of hydrogen-bond donors (Lipinski definition) is 1. The Kier molecular flexibility index (Phi) is 5.12. The predicted molar refractivity (Wildman–Crippen MR) is 76.4 cm³/mol. The summed E-state index contributed by atoms with van der Waals surface area (Å²) in [4.78, 5) is 0.169. The van der Waals surface area contributed by atoms with Crippen LogP contribution in [0.4, 0.5) is 4.39 Å². The van der Waals surface area contributed by atoms with Crippen LogP contribution in [-0.2, 0) is 10.0 Å². The largest absolute Gasteiger partial charge is 0.317 e. The van der Waals surface area contributed by atoms with Gasteiger partial charge in [0.05, 0.1) is 4.90 Å². The minimum absolute atomic E-state index is 0.169. The van der Waals surface area contributed by atoms with Gasteiger partial charge in [-0.25, -0.2) is 12.8 Å². The van der Waals surface area contributed by atoms with E-state index in [-0.39, 0.29) is 4.90 Å². The molecule has 1 atom stereocenters. The van der Waals surface area contributed by atoms with Crippen LogP contribution in [0, 0.1) is 11.7 Å². The lowest BCUT2D eigenvalue weighted by molar-refractivity contribution is 0.261. The molecule has 0 amide bonds. The fourth-order valence-electron chi connectivity index (χ4n) is 2.52. The maximum Gasteiger partial charge on any atom is 0.243 e. The van der Waals surface area contributed by atoms with Crippen LogP contribution in [0.15, 0.2) is 29.2 Å². The van der Waals surface area contributed by atoms with Crippen molar-refractivity contribution in [2.75, 3.05) is 26.2 Å². The van der Waals surface area contributed by atoms with E-state index in [4.69, 9.17) is 0 Å². The van der Waals surface area contributed by atoms with E-state index in [1.165, 1.54) is 28.6 Å². The van der Waals surface area contributed by atoms with Crippen LogP contribution >= 0.6 is 0 Å². The van der Waals surface area contributed by atoms with Gasteiger partial charge in [0.15, 0.2) is 0 Å². The molecule has 2 rings (SSSR count). The van der Waals surface area contributed by atoms with Gasteiger partial charge in [-0.2, -0.15) is 4.31 Å². The van der Waals surface area contributed by atoms with E-state index >= 15 is 0 Å². The summed E-state index contributed by atoms with van der Waals surface area (Å²) in [5, 5.41) is 3.27. The summed E-state index contributed by atoms with van der Waals surface area (Å²) in [7, 11) is -3.50. The molecule has 112 valence electrons. The summed E-state index contributed by atoms with van der Waals surface area (Å²) in [5.41, 5.74) is 0. The first kappa shape index (κ1) is 15.4. The van der Waals surface area contributed by atoms with Crippen molar-refractivity contribution in [1.82, 2.24) is 9.62 Å². The van der Waals surface area contributed by atoms with Crippen molar-refractivity contribution >= 4 is 10.0 Å². The summed E-state index contributed by atoms with van der Waals surface area (Å²) in [6.07, 6.45) is 1.92.